The molecular formula is C15H14Cl2FN. The first-order valence-electron chi connectivity index (χ1n) is 5.98. The molecule has 0 spiro atoms. The Labute approximate surface area is 122 Å². The standard InChI is InChI=1S/C15H14Cl2FN/c1-10(12-3-2-4-15(18)7-12)19-9-11-5-13(16)8-14(17)6-11/h2-8,10,19H,9H2,1H3/t10-/m1/s1. The van der Waals surface area contributed by atoms with E-state index in [1.54, 1.807) is 12.1 Å². The fraction of sp³-hybridized carbons (Fsp3) is 0.200. The van der Waals surface area contributed by atoms with Crippen molar-refractivity contribution in [2.45, 2.75) is 19.5 Å². The minimum Gasteiger partial charge on any atom is -0.306 e. The Bertz CT molecular complexity index is 552. The smallest absolute Gasteiger partial charge is 0.123 e. The largest absolute Gasteiger partial charge is 0.306 e. The van der Waals surface area contributed by atoms with Crippen LogP contribution in [-0.2, 0) is 6.54 Å². The minimum atomic E-state index is -0.225. The van der Waals surface area contributed by atoms with Crippen LogP contribution in [-0.4, -0.2) is 0 Å². The van der Waals surface area contributed by atoms with E-state index in [-0.39, 0.29) is 11.9 Å². The van der Waals surface area contributed by atoms with Crippen molar-refractivity contribution in [2.75, 3.05) is 0 Å². The molecule has 0 bridgehead atoms. The molecule has 0 aliphatic heterocycles. The van der Waals surface area contributed by atoms with Crippen molar-refractivity contribution in [1.29, 1.82) is 0 Å². The Morgan fingerprint density at radius 2 is 1.79 bits per heavy atom. The quantitative estimate of drug-likeness (QED) is 0.839. The second-order valence-electron chi connectivity index (χ2n) is 4.44. The SMILES string of the molecule is C[C@@H](NCc1cc(Cl)cc(Cl)c1)c1cccc(F)c1. The number of nitrogens with one attached hydrogen (secondary N) is 1. The van der Waals surface area contributed by atoms with Crippen molar-refractivity contribution in [1.82, 2.24) is 5.32 Å². The van der Waals surface area contributed by atoms with Crippen LogP contribution in [0.15, 0.2) is 42.5 Å². The zero-order valence-electron chi connectivity index (χ0n) is 10.5. The molecule has 2 rings (SSSR count). The Kier molecular flexibility index (Phi) is 4.81. The molecule has 2 aromatic rings. The van der Waals surface area contributed by atoms with Gasteiger partial charge in [0.1, 0.15) is 5.82 Å². The zero-order valence-corrected chi connectivity index (χ0v) is 12.0. The molecule has 0 radical (unpaired) electrons. The van der Waals surface area contributed by atoms with Crippen LogP contribution in [0, 0.1) is 5.82 Å². The van der Waals surface area contributed by atoms with Crippen molar-refractivity contribution < 1.29 is 4.39 Å². The van der Waals surface area contributed by atoms with Crippen LogP contribution < -0.4 is 5.32 Å². The summed E-state index contributed by atoms with van der Waals surface area (Å²) in [4.78, 5) is 0. The number of hydrogen-bond acceptors (Lipinski definition) is 1. The summed E-state index contributed by atoms with van der Waals surface area (Å²) < 4.78 is 13.1. The third-order valence-electron chi connectivity index (χ3n) is 2.88. The van der Waals surface area contributed by atoms with E-state index in [0.717, 1.165) is 11.1 Å². The summed E-state index contributed by atoms with van der Waals surface area (Å²) >= 11 is 11.9. The van der Waals surface area contributed by atoms with Gasteiger partial charge >= 0.3 is 0 Å². The lowest BCUT2D eigenvalue weighted by Crippen LogP contribution is -2.18. The maximum absolute atomic E-state index is 13.1. The van der Waals surface area contributed by atoms with Crippen LogP contribution in [0.2, 0.25) is 10.0 Å². The molecule has 0 unspecified atom stereocenters. The number of halogens is 3. The van der Waals surface area contributed by atoms with Crippen LogP contribution in [0.3, 0.4) is 0 Å². The van der Waals surface area contributed by atoms with Crippen molar-refractivity contribution in [2.24, 2.45) is 0 Å². The fourth-order valence-electron chi connectivity index (χ4n) is 1.88. The Hall–Kier alpha value is -1.09. The van der Waals surface area contributed by atoms with E-state index in [1.165, 1.54) is 12.1 Å². The minimum absolute atomic E-state index is 0.0495. The van der Waals surface area contributed by atoms with Gasteiger partial charge in [-0.05, 0) is 48.4 Å². The molecule has 0 fully saturated rings. The highest BCUT2D eigenvalue weighted by Crippen LogP contribution is 2.20. The summed E-state index contributed by atoms with van der Waals surface area (Å²) in [6.07, 6.45) is 0. The molecule has 100 valence electrons. The fourth-order valence-corrected chi connectivity index (χ4v) is 2.45. The van der Waals surface area contributed by atoms with Gasteiger partial charge in [-0.1, -0.05) is 35.3 Å². The van der Waals surface area contributed by atoms with Crippen LogP contribution in [0.25, 0.3) is 0 Å². The molecular weight excluding hydrogens is 284 g/mol. The van der Waals surface area contributed by atoms with Gasteiger partial charge in [0.2, 0.25) is 0 Å². The van der Waals surface area contributed by atoms with Gasteiger partial charge in [0.25, 0.3) is 0 Å². The first kappa shape index (κ1) is 14.3. The molecule has 1 N–H and O–H groups in total. The van der Waals surface area contributed by atoms with Gasteiger partial charge in [0.15, 0.2) is 0 Å². The van der Waals surface area contributed by atoms with Gasteiger partial charge in [-0.3, -0.25) is 0 Å². The number of hydrogen-bond donors (Lipinski definition) is 1. The van der Waals surface area contributed by atoms with Gasteiger partial charge < -0.3 is 5.32 Å². The number of rotatable bonds is 4. The first-order valence-corrected chi connectivity index (χ1v) is 6.74. The molecule has 19 heavy (non-hydrogen) atoms. The van der Waals surface area contributed by atoms with Gasteiger partial charge in [-0.25, -0.2) is 4.39 Å². The van der Waals surface area contributed by atoms with Crippen LogP contribution in [0.4, 0.5) is 4.39 Å². The Morgan fingerprint density at radius 3 is 2.42 bits per heavy atom. The van der Waals surface area contributed by atoms with E-state index < -0.39 is 0 Å². The van der Waals surface area contributed by atoms with E-state index in [2.05, 4.69) is 5.32 Å². The molecule has 0 saturated heterocycles. The summed E-state index contributed by atoms with van der Waals surface area (Å²) in [7, 11) is 0. The number of benzene rings is 2. The van der Waals surface area contributed by atoms with E-state index >= 15 is 0 Å². The topological polar surface area (TPSA) is 12.0 Å². The van der Waals surface area contributed by atoms with E-state index in [1.807, 2.05) is 25.1 Å². The van der Waals surface area contributed by atoms with Crippen LogP contribution in [0.1, 0.15) is 24.1 Å². The van der Waals surface area contributed by atoms with Crippen LogP contribution in [0.5, 0.6) is 0 Å². The van der Waals surface area contributed by atoms with Crippen LogP contribution >= 0.6 is 23.2 Å². The molecule has 0 aliphatic carbocycles. The molecule has 2 aromatic carbocycles. The molecule has 0 aromatic heterocycles. The van der Waals surface area contributed by atoms with E-state index in [9.17, 15) is 4.39 Å². The average Bonchev–Trinajstić information content (AvgIpc) is 2.35. The summed E-state index contributed by atoms with van der Waals surface area (Å²) in [5.41, 5.74) is 1.91. The molecule has 0 saturated carbocycles. The third-order valence-corrected chi connectivity index (χ3v) is 3.32. The summed E-state index contributed by atoms with van der Waals surface area (Å²) in [5, 5.41) is 4.54. The lowest BCUT2D eigenvalue weighted by atomic mass is 10.1. The lowest BCUT2D eigenvalue weighted by Gasteiger charge is -2.14. The molecule has 0 heterocycles. The van der Waals surface area contributed by atoms with Gasteiger partial charge in [0, 0.05) is 22.6 Å². The van der Waals surface area contributed by atoms with E-state index in [4.69, 9.17) is 23.2 Å². The second-order valence-corrected chi connectivity index (χ2v) is 5.31. The first-order chi connectivity index (χ1) is 9.04. The van der Waals surface area contributed by atoms with Gasteiger partial charge in [0.05, 0.1) is 0 Å². The normalized spacial score (nSPS) is 12.4. The van der Waals surface area contributed by atoms with Crippen molar-refractivity contribution >= 4 is 23.2 Å². The highest BCUT2D eigenvalue weighted by atomic mass is 35.5. The lowest BCUT2D eigenvalue weighted by molar-refractivity contribution is 0.565. The highest BCUT2D eigenvalue weighted by Gasteiger charge is 2.06. The second kappa shape index (κ2) is 6.38. The molecule has 1 atom stereocenters. The van der Waals surface area contributed by atoms with Crippen molar-refractivity contribution in [3.63, 3.8) is 0 Å². The summed E-state index contributed by atoms with van der Waals surface area (Å²) in [5.74, 6) is -0.225. The highest BCUT2D eigenvalue weighted by molar-refractivity contribution is 6.34. The predicted molar refractivity (Wildman–Crippen MR) is 78.1 cm³/mol. The summed E-state index contributed by atoms with van der Waals surface area (Å²) in [6.45, 7) is 2.61. The summed E-state index contributed by atoms with van der Waals surface area (Å²) in [6, 6.07) is 12.0. The average molecular weight is 298 g/mol. The van der Waals surface area contributed by atoms with Crippen molar-refractivity contribution in [3.8, 4) is 0 Å². The molecule has 1 nitrogen and oxygen atoms in total. The maximum Gasteiger partial charge on any atom is 0.123 e. The zero-order chi connectivity index (χ0) is 13.8. The molecule has 0 aliphatic rings. The molecule has 0 amide bonds. The van der Waals surface area contributed by atoms with Crippen molar-refractivity contribution in [3.05, 3.63) is 69.5 Å². The van der Waals surface area contributed by atoms with E-state index in [0.29, 0.717) is 16.6 Å². The Balaban J connectivity index is 2.02. The third kappa shape index (κ3) is 4.20. The van der Waals surface area contributed by atoms with Gasteiger partial charge in [-0.15, -0.1) is 0 Å². The molecule has 4 heteroatoms. The maximum atomic E-state index is 13.1. The Morgan fingerprint density at radius 1 is 1.11 bits per heavy atom. The monoisotopic (exact) mass is 297 g/mol. The van der Waals surface area contributed by atoms with Gasteiger partial charge in [-0.2, -0.15) is 0 Å². The predicted octanol–water partition coefficient (Wildman–Crippen LogP) is 4.98.